The van der Waals surface area contributed by atoms with Gasteiger partial charge in [0.25, 0.3) is 0 Å². The molecule has 0 aromatic rings. The third-order valence-corrected chi connectivity index (χ3v) is 2.20. The normalized spacial score (nSPS) is 24.7. The van der Waals surface area contributed by atoms with Crippen molar-refractivity contribution in [3.05, 3.63) is 0 Å². The van der Waals surface area contributed by atoms with E-state index in [1.54, 1.807) is 7.11 Å². The fraction of sp³-hybridized carbons (Fsp3) is 1.00. The lowest BCUT2D eigenvalue weighted by molar-refractivity contribution is -0.140. The minimum atomic E-state index is 0.594. The van der Waals surface area contributed by atoms with Crippen molar-refractivity contribution in [2.75, 3.05) is 20.2 Å². The predicted octanol–water partition coefficient (Wildman–Crippen LogP) is 0.942. The third kappa shape index (κ3) is 2.16. The molecule has 0 amide bonds. The van der Waals surface area contributed by atoms with Gasteiger partial charge in [-0.2, -0.15) is 17.7 Å². The second-order valence-electron chi connectivity index (χ2n) is 2.34. The molecule has 1 fully saturated rings. The monoisotopic (exact) mass is 147 g/mol. The Balaban J connectivity index is 2.18. The van der Waals surface area contributed by atoms with Crippen LogP contribution in [0.2, 0.25) is 0 Å². The molecule has 1 aliphatic heterocycles. The Morgan fingerprint density at radius 2 is 2.00 bits per heavy atom. The lowest BCUT2D eigenvalue weighted by Gasteiger charge is -2.27. The first-order valence-electron chi connectivity index (χ1n) is 3.30. The Morgan fingerprint density at radius 1 is 1.44 bits per heavy atom. The summed E-state index contributed by atoms with van der Waals surface area (Å²) in [5.41, 5.74) is 0. The van der Waals surface area contributed by atoms with Gasteiger partial charge in [-0.05, 0) is 12.8 Å². The van der Waals surface area contributed by atoms with Gasteiger partial charge < -0.3 is 4.84 Å². The number of rotatable bonds is 1. The molecule has 0 aromatic heterocycles. The highest BCUT2D eigenvalue weighted by molar-refractivity contribution is 7.80. The largest absolute Gasteiger partial charge is 0.302 e. The molecule has 0 radical (unpaired) electrons. The van der Waals surface area contributed by atoms with E-state index in [0.29, 0.717) is 5.25 Å². The van der Waals surface area contributed by atoms with Gasteiger partial charge in [0.05, 0.1) is 7.11 Å². The van der Waals surface area contributed by atoms with Gasteiger partial charge >= 0.3 is 0 Å². The molecule has 9 heavy (non-hydrogen) atoms. The molecule has 54 valence electrons. The molecule has 1 saturated heterocycles. The summed E-state index contributed by atoms with van der Waals surface area (Å²) in [7, 11) is 1.72. The highest BCUT2D eigenvalue weighted by atomic mass is 32.1. The second-order valence-corrected chi connectivity index (χ2v) is 3.07. The standard InChI is InChI=1S/C6H13NOS/c1-8-7-4-2-6(9)3-5-7/h6,9H,2-5H2,1H3. The molecule has 2 nitrogen and oxygen atoms in total. The van der Waals surface area contributed by atoms with Crippen LogP contribution in [0.5, 0.6) is 0 Å². The van der Waals surface area contributed by atoms with Crippen molar-refractivity contribution in [1.82, 2.24) is 5.06 Å². The summed E-state index contributed by atoms with van der Waals surface area (Å²) in [5.74, 6) is 0. The highest BCUT2D eigenvalue weighted by Gasteiger charge is 2.14. The molecule has 0 aliphatic carbocycles. The van der Waals surface area contributed by atoms with Crippen LogP contribution in [-0.4, -0.2) is 30.5 Å². The second kappa shape index (κ2) is 3.44. The number of hydrogen-bond donors (Lipinski definition) is 1. The van der Waals surface area contributed by atoms with Gasteiger partial charge in [-0.25, -0.2) is 0 Å². The maximum Gasteiger partial charge on any atom is 0.0575 e. The molecule has 3 heteroatoms. The van der Waals surface area contributed by atoms with Crippen molar-refractivity contribution in [1.29, 1.82) is 0 Å². The first-order chi connectivity index (χ1) is 4.33. The molecule has 1 rings (SSSR count). The first-order valence-corrected chi connectivity index (χ1v) is 3.81. The van der Waals surface area contributed by atoms with E-state index < -0.39 is 0 Å². The van der Waals surface area contributed by atoms with E-state index >= 15 is 0 Å². The van der Waals surface area contributed by atoms with Crippen molar-refractivity contribution in [3.8, 4) is 0 Å². The van der Waals surface area contributed by atoms with Crippen LogP contribution in [0.1, 0.15) is 12.8 Å². The van der Waals surface area contributed by atoms with E-state index in [1.807, 2.05) is 5.06 Å². The Bertz CT molecular complexity index is 81.1. The zero-order valence-electron chi connectivity index (χ0n) is 5.71. The van der Waals surface area contributed by atoms with Crippen LogP contribution in [-0.2, 0) is 4.84 Å². The first kappa shape index (κ1) is 7.38. The lowest BCUT2D eigenvalue weighted by Crippen LogP contribution is -2.32. The number of hydrogen-bond acceptors (Lipinski definition) is 3. The molecular formula is C6H13NOS. The zero-order chi connectivity index (χ0) is 6.69. The van der Waals surface area contributed by atoms with Gasteiger partial charge in [0.2, 0.25) is 0 Å². The summed E-state index contributed by atoms with van der Waals surface area (Å²) in [6.07, 6.45) is 2.30. The lowest BCUT2D eigenvalue weighted by atomic mass is 10.2. The molecule has 1 aliphatic rings. The van der Waals surface area contributed by atoms with Crippen LogP contribution in [0.4, 0.5) is 0 Å². The molecule has 0 bridgehead atoms. The van der Waals surface area contributed by atoms with E-state index in [0.717, 1.165) is 25.9 Å². The van der Waals surface area contributed by atoms with Crippen LogP contribution in [0.15, 0.2) is 0 Å². The summed E-state index contributed by atoms with van der Waals surface area (Å²) < 4.78 is 0. The molecule has 0 unspecified atom stereocenters. The maximum atomic E-state index is 5.04. The molecule has 0 saturated carbocycles. The van der Waals surface area contributed by atoms with Crippen LogP contribution in [0.3, 0.4) is 0 Å². The average molecular weight is 147 g/mol. The van der Waals surface area contributed by atoms with E-state index in [4.69, 9.17) is 4.84 Å². The van der Waals surface area contributed by atoms with Gasteiger partial charge in [0, 0.05) is 18.3 Å². The summed E-state index contributed by atoms with van der Waals surface area (Å²) in [6.45, 7) is 2.06. The van der Waals surface area contributed by atoms with Crippen LogP contribution in [0.25, 0.3) is 0 Å². The molecule has 0 aromatic carbocycles. The van der Waals surface area contributed by atoms with Crippen molar-refractivity contribution < 1.29 is 4.84 Å². The average Bonchev–Trinajstić information content (AvgIpc) is 1.90. The van der Waals surface area contributed by atoms with Gasteiger partial charge in [0.15, 0.2) is 0 Å². The van der Waals surface area contributed by atoms with E-state index in [9.17, 15) is 0 Å². The Morgan fingerprint density at radius 3 is 2.44 bits per heavy atom. The number of nitrogens with zero attached hydrogens (tertiary/aromatic N) is 1. The predicted molar refractivity (Wildman–Crippen MR) is 40.6 cm³/mol. The van der Waals surface area contributed by atoms with E-state index in [-0.39, 0.29) is 0 Å². The molecule has 0 N–H and O–H groups in total. The SMILES string of the molecule is CON1CCC(S)CC1. The van der Waals surface area contributed by atoms with Crippen LogP contribution < -0.4 is 0 Å². The summed E-state index contributed by atoms with van der Waals surface area (Å²) >= 11 is 4.36. The molecular weight excluding hydrogens is 134 g/mol. The summed E-state index contributed by atoms with van der Waals surface area (Å²) in [5, 5.41) is 2.57. The highest BCUT2D eigenvalue weighted by Crippen LogP contribution is 2.14. The fourth-order valence-electron chi connectivity index (χ4n) is 1.02. The van der Waals surface area contributed by atoms with E-state index in [2.05, 4.69) is 12.6 Å². The number of piperidine rings is 1. The van der Waals surface area contributed by atoms with Gasteiger partial charge in [-0.3, -0.25) is 0 Å². The van der Waals surface area contributed by atoms with Crippen LogP contribution >= 0.6 is 12.6 Å². The molecule has 1 heterocycles. The number of hydroxylamine groups is 2. The summed E-state index contributed by atoms with van der Waals surface area (Å²) in [4.78, 5) is 5.04. The Hall–Kier alpha value is 0.270. The minimum Gasteiger partial charge on any atom is -0.302 e. The van der Waals surface area contributed by atoms with Crippen molar-refractivity contribution in [2.24, 2.45) is 0 Å². The van der Waals surface area contributed by atoms with Gasteiger partial charge in [-0.15, -0.1) is 0 Å². The Kier molecular flexibility index (Phi) is 2.82. The Labute approximate surface area is 61.5 Å². The fourth-order valence-corrected chi connectivity index (χ4v) is 1.26. The zero-order valence-corrected chi connectivity index (χ0v) is 6.60. The summed E-state index contributed by atoms with van der Waals surface area (Å²) in [6, 6.07) is 0. The van der Waals surface area contributed by atoms with Crippen molar-refractivity contribution >= 4 is 12.6 Å². The van der Waals surface area contributed by atoms with Crippen molar-refractivity contribution in [2.45, 2.75) is 18.1 Å². The topological polar surface area (TPSA) is 12.5 Å². The van der Waals surface area contributed by atoms with Crippen LogP contribution in [0, 0.1) is 0 Å². The van der Waals surface area contributed by atoms with Gasteiger partial charge in [0.1, 0.15) is 0 Å². The smallest absolute Gasteiger partial charge is 0.0575 e. The van der Waals surface area contributed by atoms with E-state index in [1.165, 1.54) is 0 Å². The maximum absolute atomic E-state index is 5.04. The van der Waals surface area contributed by atoms with Crippen molar-refractivity contribution in [3.63, 3.8) is 0 Å². The quantitative estimate of drug-likeness (QED) is 0.554. The number of thiol groups is 1. The van der Waals surface area contributed by atoms with Gasteiger partial charge in [-0.1, -0.05) is 0 Å². The third-order valence-electron chi connectivity index (χ3n) is 1.68. The minimum absolute atomic E-state index is 0.594. The molecule has 0 atom stereocenters. The molecule has 0 spiro atoms.